The van der Waals surface area contributed by atoms with Crippen LogP contribution in [0.1, 0.15) is 15.9 Å². The van der Waals surface area contributed by atoms with Gasteiger partial charge in [0.05, 0.1) is 16.2 Å². The highest BCUT2D eigenvalue weighted by molar-refractivity contribution is 9.10. The number of carbonyl (C=O) groups excluding carboxylic acids is 1. The van der Waals surface area contributed by atoms with Crippen molar-refractivity contribution in [1.29, 1.82) is 0 Å². The highest BCUT2D eigenvalue weighted by Crippen LogP contribution is 2.31. The molecule has 0 spiro atoms. The minimum atomic E-state index is -0.505. The molecule has 0 aliphatic heterocycles. The van der Waals surface area contributed by atoms with Crippen LogP contribution < -0.4 is 5.32 Å². The predicted molar refractivity (Wildman–Crippen MR) is 82.7 cm³/mol. The summed E-state index contributed by atoms with van der Waals surface area (Å²) >= 11 is 9.10. The van der Waals surface area contributed by atoms with E-state index in [2.05, 4.69) is 26.2 Å². The van der Waals surface area contributed by atoms with Crippen LogP contribution in [0.2, 0.25) is 5.15 Å². The summed E-state index contributed by atoms with van der Waals surface area (Å²) in [7, 11) is 0. The van der Waals surface area contributed by atoms with E-state index in [4.69, 9.17) is 11.6 Å². The Morgan fingerprint density at radius 3 is 2.81 bits per heavy atom. The molecule has 0 saturated carbocycles. The van der Waals surface area contributed by atoms with Crippen molar-refractivity contribution in [3.05, 3.63) is 61.3 Å². The minimum Gasteiger partial charge on any atom is -0.321 e. The lowest BCUT2D eigenvalue weighted by atomic mass is 10.1. The average Bonchev–Trinajstić information content (AvgIpc) is 2.41. The summed E-state index contributed by atoms with van der Waals surface area (Å²) in [6.07, 6.45) is 1.46. The van der Waals surface area contributed by atoms with Crippen LogP contribution in [0.15, 0.2) is 34.9 Å². The first-order valence-electron chi connectivity index (χ1n) is 5.76. The number of nitro groups is 1. The summed E-state index contributed by atoms with van der Waals surface area (Å²) in [5.74, 6) is -0.494. The molecule has 0 bridgehead atoms. The molecule has 1 amide bonds. The number of hydrogen-bond donors (Lipinski definition) is 1. The monoisotopic (exact) mass is 369 g/mol. The molecule has 1 aromatic heterocycles. The number of halogens is 2. The largest absolute Gasteiger partial charge is 0.321 e. The second-order valence-corrected chi connectivity index (χ2v) is 5.38. The zero-order chi connectivity index (χ0) is 15.6. The van der Waals surface area contributed by atoms with Gasteiger partial charge in [0.1, 0.15) is 5.15 Å². The van der Waals surface area contributed by atoms with Crippen molar-refractivity contribution in [2.75, 3.05) is 5.32 Å². The van der Waals surface area contributed by atoms with Gasteiger partial charge in [-0.3, -0.25) is 14.9 Å². The Morgan fingerprint density at radius 2 is 2.19 bits per heavy atom. The Hall–Kier alpha value is -1.99. The van der Waals surface area contributed by atoms with Gasteiger partial charge in [0.2, 0.25) is 0 Å². The third-order valence-corrected chi connectivity index (χ3v) is 3.69. The van der Waals surface area contributed by atoms with Crippen LogP contribution in [0.25, 0.3) is 0 Å². The first kappa shape index (κ1) is 15.4. The standard InChI is InChI=1S/C13H9BrClN3O3/c1-7-5-9(14)10(6-11(7)18(20)21)17-13(19)8-3-2-4-16-12(8)15/h2-6H,1H3,(H,17,19). The first-order valence-corrected chi connectivity index (χ1v) is 6.93. The molecule has 8 heteroatoms. The van der Waals surface area contributed by atoms with Gasteiger partial charge in [0.25, 0.3) is 11.6 Å². The number of amides is 1. The molecule has 1 N–H and O–H groups in total. The quantitative estimate of drug-likeness (QED) is 0.503. The molecular formula is C13H9BrClN3O3. The zero-order valence-electron chi connectivity index (χ0n) is 10.8. The molecule has 1 aromatic carbocycles. The normalized spacial score (nSPS) is 10.2. The van der Waals surface area contributed by atoms with Crippen LogP contribution in [-0.4, -0.2) is 15.8 Å². The van der Waals surface area contributed by atoms with Gasteiger partial charge < -0.3 is 5.32 Å². The molecular weight excluding hydrogens is 362 g/mol. The van der Waals surface area contributed by atoms with Crippen LogP contribution in [0.3, 0.4) is 0 Å². The summed E-state index contributed by atoms with van der Waals surface area (Å²) in [4.78, 5) is 26.4. The fraction of sp³-hybridized carbons (Fsp3) is 0.0769. The smallest absolute Gasteiger partial charge is 0.274 e. The fourth-order valence-corrected chi connectivity index (χ4v) is 2.46. The van der Waals surface area contributed by atoms with Crippen molar-refractivity contribution in [2.45, 2.75) is 6.92 Å². The molecule has 2 rings (SSSR count). The van der Waals surface area contributed by atoms with E-state index in [-0.39, 0.29) is 22.1 Å². The van der Waals surface area contributed by atoms with Crippen molar-refractivity contribution >= 4 is 44.8 Å². The molecule has 0 unspecified atom stereocenters. The van der Waals surface area contributed by atoms with Gasteiger partial charge in [-0.2, -0.15) is 0 Å². The summed E-state index contributed by atoms with van der Waals surface area (Å²) in [5.41, 5.74) is 0.890. The van der Waals surface area contributed by atoms with Crippen molar-refractivity contribution in [3.8, 4) is 0 Å². The minimum absolute atomic E-state index is 0.0627. The van der Waals surface area contributed by atoms with E-state index < -0.39 is 10.8 Å². The van der Waals surface area contributed by atoms with Crippen LogP contribution in [0.4, 0.5) is 11.4 Å². The van der Waals surface area contributed by atoms with Crippen LogP contribution >= 0.6 is 27.5 Å². The first-order chi connectivity index (χ1) is 9.90. The van der Waals surface area contributed by atoms with E-state index in [0.717, 1.165) is 0 Å². The molecule has 0 aliphatic carbocycles. The Morgan fingerprint density at radius 1 is 1.48 bits per heavy atom. The summed E-state index contributed by atoms with van der Waals surface area (Å²) in [6, 6.07) is 5.95. The lowest BCUT2D eigenvalue weighted by Crippen LogP contribution is -2.13. The molecule has 0 aliphatic rings. The summed E-state index contributed by atoms with van der Waals surface area (Å²) in [5, 5.41) is 13.6. The molecule has 0 saturated heterocycles. The van der Waals surface area contributed by atoms with Crippen molar-refractivity contribution in [3.63, 3.8) is 0 Å². The summed E-state index contributed by atoms with van der Waals surface area (Å²) in [6.45, 7) is 1.62. The number of aryl methyl sites for hydroxylation is 1. The second kappa shape index (κ2) is 6.19. The number of hydrogen-bond acceptors (Lipinski definition) is 4. The van der Waals surface area contributed by atoms with E-state index in [1.165, 1.54) is 18.3 Å². The Kier molecular flexibility index (Phi) is 4.54. The van der Waals surface area contributed by atoms with Gasteiger partial charge in [0.15, 0.2) is 0 Å². The number of rotatable bonds is 3. The van der Waals surface area contributed by atoms with E-state index in [1.54, 1.807) is 19.1 Å². The molecule has 21 heavy (non-hydrogen) atoms. The third kappa shape index (κ3) is 3.37. The number of anilines is 1. The van der Waals surface area contributed by atoms with Gasteiger partial charge in [-0.25, -0.2) is 4.98 Å². The molecule has 1 heterocycles. The fourth-order valence-electron chi connectivity index (χ4n) is 1.70. The highest BCUT2D eigenvalue weighted by atomic mass is 79.9. The second-order valence-electron chi connectivity index (χ2n) is 4.17. The van der Waals surface area contributed by atoms with Gasteiger partial charge in [-0.1, -0.05) is 11.6 Å². The Labute approximate surface area is 133 Å². The molecule has 108 valence electrons. The molecule has 0 atom stereocenters. The van der Waals surface area contributed by atoms with E-state index in [1.807, 2.05) is 0 Å². The van der Waals surface area contributed by atoms with Gasteiger partial charge in [-0.05, 0) is 41.1 Å². The Bertz CT molecular complexity index is 737. The number of nitrogens with zero attached hydrogens (tertiary/aromatic N) is 2. The number of aromatic nitrogens is 1. The maximum Gasteiger partial charge on any atom is 0.274 e. The third-order valence-electron chi connectivity index (χ3n) is 2.73. The topological polar surface area (TPSA) is 85.1 Å². The predicted octanol–water partition coefficient (Wildman–Crippen LogP) is 3.97. The van der Waals surface area contributed by atoms with Crippen molar-refractivity contribution < 1.29 is 9.72 Å². The van der Waals surface area contributed by atoms with Gasteiger partial charge in [0, 0.05) is 22.3 Å². The number of nitro benzene ring substituents is 1. The van der Waals surface area contributed by atoms with Crippen LogP contribution in [0.5, 0.6) is 0 Å². The van der Waals surface area contributed by atoms with Crippen molar-refractivity contribution in [1.82, 2.24) is 4.98 Å². The maximum absolute atomic E-state index is 12.1. The van der Waals surface area contributed by atoms with Crippen LogP contribution in [-0.2, 0) is 0 Å². The lowest BCUT2D eigenvalue weighted by molar-refractivity contribution is -0.385. The molecule has 6 nitrogen and oxygen atoms in total. The SMILES string of the molecule is Cc1cc(Br)c(NC(=O)c2cccnc2Cl)cc1[N+](=O)[O-]. The summed E-state index contributed by atoms with van der Waals surface area (Å²) < 4.78 is 0.541. The van der Waals surface area contributed by atoms with Crippen LogP contribution in [0, 0.1) is 17.0 Å². The van der Waals surface area contributed by atoms with E-state index in [0.29, 0.717) is 10.0 Å². The zero-order valence-corrected chi connectivity index (χ0v) is 13.1. The molecule has 0 radical (unpaired) electrons. The van der Waals surface area contributed by atoms with Gasteiger partial charge >= 0.3 is 0 Å². The lowest BCUT2D eigenvalue weighted by Gasteiger charge is -2.09. The number of carbonyl (C=O) groups is 1. The highest BCUT2D eigenvalue weighted by Gasteiger charge is 2.17. The molecule has 2 aromatic rings. The number of benzene rings is 1. The number of pyridine rings is 1. The number of nitrogens with one attached hydrogen (secondary N) is 1. The maximum atomic E-state index is 12.1. The van der Waals surface area contributed by atoms with E-state index in [9.17, 15) is 14.9 Å². The van der Waals surface area contributed by atoms with E-state index >= 15 is 0 Å². The Balaban J connectivity index is 2.36. The molecule has 0 fully saturated rings. The average molecular weight is 371 g/mol. The van der Waals surface area contributed by atoms with Gasteiger partial charge in [-0.15, -0.1) is 0 Å². The van der Waals surface area contributed by atoms with Crippen molar-refractivity contribution in [2.24, 2.45) is 0 Å².